The van der Waals surface area contributed by atoms with E-state index in [1.54, 1.807) is 31.2 Å². The van der Waals surface area contributed by atoms with Crippen LogP contribution >= 0.6 is 0 Å². The fraction of sp³-hybridized carbons (Fsp3) is 0.0714. The Morgan fingerprint density at radius 3 is 2.65 bits per heavy atom. The van der Waals surface area contributed by atoms with Crippen LogP contribution in [0, 0.1) is 23.0 Å². The number of hydrogen-bond donors (Lipinski definition) is 0. The fourth-order valence-corrected chi connectivity index (χ4v) is 1.33. The number of halogens is 2. The van der Waals surface area contributed by atoms with Crippen LogP contribution in [-0.2, 0) is 0 Å². The molecular weight excluding hydrogens is 220 g/mol. The average Bonchev–Trinajstić information content (AvgIpc) is 2.30. The molecule has 1 aromatic rings. The van der Waals surface area contributed by atoms with Crippen molar-refractivity contribution in [1.29, 1.82) is 5.26 Å². The van der Waals surface area contributed by atoms with E-state index in [2.05, 4.69) is 6.58 Å². The Morgan fingerprint density at radius 2 is 2.06 bits per heavy atom. The summed E-state index contributed by atoms with van der Waals surface area (Å²) < 4.78 is 26.8. The van der Waals surface area contributed by atoms with Crippen LogP contribution < -0.4 is 0 Å². The molecule has 0 aliphatic heterocycles. The van der Waals surface area contributed by atoms with Crippen molar-refractivity contribution in [1.82, 2.24) is 0 Å². The van der Waals surface area contributed by atoms with Crippen LogP contribution in [0.3, 0.4) is 0 Å². The van der Waals surface area contributed by atoms with Gasteiger partial charge in [0.15, 0.2) is 5.82 Å². The molecule has 17 heavy (non-hydrogen) atoms. The first-order valence-corrected chi connectivity index (χ1v) is 4.96. The third-order valence-corrected chi connectivity index (χ3v) is 2.22. The second-order valence-corrected chi connectivity index (χ2v) is 3.37. The summed E-state index contributed by atoms with van der Waals surface area (Å²) in [6.45, 7) is 5.19. The minimum Gasteiger partial charge on any atom is -0.205 e. The van der Waals surface area contributed by atoms with Gasteiger partial charge in [-0.05, 0) is 24.6 Å². The Morgan fingerprint density at radius 1 is 1.35 bits per heavy atom. The molecule has 0 radical (unpaired) electrons. The molecule has 0 aromatic heterocycles. The average molecular weight is 231 g/mol. The SMILES string of the molecule is C=C/C=C\C=C(/C)c1ccc(F)c(C#N)c1F. The number of nitriles is 1. The summed E-state index contributed by atoms with van der Waals surface area (Å²) in [6, 6.07) is 3.92. The fourth-order valence-electron chi connectivity index (χ4n) is 1.33. The summed E-state index contributed by atoms with van der Waals surface area (Å²) in [5, 5.41) is 8.64. The molecule has 0 aliphatic rings. The first kappa shape index (κ1) is 12.9. The van der Waals surface area contributed by atoms with Crippen molar-refractivity contribution >= 4 is 5.57 Å². The molecule has 0 aliphatic carbocycles. The highest BCUT2D eigenvalue weighted by Crippen LogP contribution is 2.22. The van der Waals surface area contributed by atoms with Crippen molar-refractivity contribution in [3.05, 3.63) is 65.8 Å². The third-order valence-electron chi connectivity index (χ3n) is 2.22. The summed E-state index contributed by atoms with van der Waals surface area (Å²) in [5.41, 5.74) is 0.275. The summed E-state index contributed by atoms with van der Waals surface area (Å²) >= 11 is 0. The Labute approximate surface area is 99.0 Å². The van der Waals surface area contributed by atoms with Gasteiger partial charge in [-0.3, -0.25) is 0 Å². The summed E-state index contributed by atoms with van der Waals surface area (Å²) in [6.07, 6.45) is 6.64. The quantitative estimate of drug-likeness (QED) is 0.722. The van der Waals surface area contributed by atoms with Gasteiger partial charge in [-0.25, -0.2) is 8.78 Å². The van der Waals surface area contributed by atoms with Gasteiger partial charge in [-0.15, -0.1) is 0 Å². The maximum absolute atomic E-state index is 13.7. The predicted molar refractivity (Wildman–Crippen MR) is 64.1 cm³/mol. The molecule has 0 saturated heterocycles. The first-order chi connectivity index (χ1) is 8.11. The van der Waals surface area contributed by atoms with Crippen molar-refractivity contribution in [2.24, 2.45) is 0 Å². The van der Waals surface area contributed by atoms with Crippen molar-refractivity contribution in [2.75, 3.05) is 0 Å². The zero-order valence-electron chi connectivity index (χ0n) is 9.37. The van der Waals surface area contributed by atoms with Crippen molar-refractivity contribution in [2.45, 2.75) is 6.92 Å². The van der Waals surface area contributed by atoms with E-state index in [-0.39, 0.29) is 5.56 Å². The van der Waals surface area contributed by atoms with Crippen LogP contribution in [0.15, 0.2) is 43.0 Å². The number of benzene rings is 1. The summed E-state index contributed by atoms with van der Waals surface area (Å²) in [4.78, 5) is 0. The molecule has 3 heteroatoms. The normalized spacial score (nSPS) is 11.5. The van der Waals surface area contributed by atoms with Crippen molar-refractivity contribution < 1.29 is 8.78 Å². The second-order valence-electron chi connectivity index (χ2n) is 3.37. The summed E-state index contributed by atoms with van der Waals surface area (Å²) in [7, 11) is 0. The standard InChI is InChI=1S/C14H11F2N/c1-3-4-5-6-10(2)11-7-8-13(15)12(9-17)14(11)16/h3-8H,1H2,2H3/b5-4-,10-6+. The number of rotatable bonds is 3. The van der Waals surface area contributed by atoms with E-state index in [9.17, 15) is 8.78 Å². The van der Waals surface area contributed by atoms with E-state index in [0.29, 0.717) is 5.57 Å². The van der Waals surface area contributed by atoms with Crippen LogP contribution in [0.5, 0.6) is 0 Å². The Balaban J connectivity index is 3.25. The monoisotopic (exact) mass is 231 g/mol. The van der Waals surface area contributed by atoms with Gasteiger partial charge in [0.25, 0.3) is 0 Å². The molecule has 86 valence electrons. The van der Waals surface area contributed by atoms with E-state index in [1.807, 2.05) is 0 Å². The van der Waals surface area contributed by atoms with Gasteiger partial charge in [0.2, 0.25) is 0 Å². The van der Waals surface area contributed by atoms with Crippen LogP contribution in [0.4, 0.5) is 8.78 Å². The lowest BCUT2D eigenvalue weighted by Crippen LogP contribution is -1.95. The van der Waals surface area contributed by atoms with E-state index >= 15 is 0 Å². The lowest BCUT2D eigenvalue weighted by molar-refractivity contribution is 0.574. The van der Waals surface area contributed by atoms with Crippen molar-refractivity contribution in [3.63, 3.8) is 0 Å². The van der Waals surface area contributed by atoms with Gasteiger partial charge in [-0.1, -0.05) is 30.9 Å². The topological polar surface area (TPSA) is 23.8 Å². The maximum atomic E-state index is 13.7. The van der Waals surface area contributed by atoms with E-state index in [4.69, 9.17) is 5.26 Å². The third kappa shape index (κ3) is 2.88. The molecule has 1 aromatic carbocycles. The molecule has 0 saturated carbocycles. The highest BCUT2D eigenvalue weighted by Gasteiger charge is 2.13. The lowest BCUT2D eigenvalue weighted by atomic mass is 10.0. The Hall–Kier alpha value is -2.21. The Bertz CT molecular complexity index is 534. The van der Waals surface area contributed by atoms with Crippen LogP contribution in [0.25, 0.3) is 5.57 Å². The van der Waals surface area contributed by atoms with Gasteiger partial charge in [0.1, 0.15) is 17.4 Å². The maximum Gasteiger partial charge on any atom is 0.151 e. The first-order valence-electron chi connectivity index (χ1n) is 4.96. The molecule has 0 fully saturated rings. The van der Waals surface area contributed by atoms with Gasteiger partial charge in [-0.2, -0.15) is 5.26 Å². The molecule has 0 amide bonds. The zero-order chi connectivity index (χ0) is 12.8. The predicted octanol–water partition coefficient (Wildman–Crippen LogP) is 3.98. The Kier molecular flexibility index (Phi) is 4.36. The number of hydrogen-bond acceptors (Lipinski definition) is 1. The highest BCUT2D eigenvalue weighted by molar-refractivity contribution is 5.67. The minimum absolute atomic E-state index is 0.219. The molecule has 1 nitrogen and oxygen atoms in total. The largest absolute Gasteiger partial charge is 0.205 e. The number of nitrogens with zero attached hydrogens (tertiary/aromatic N) is 1. The van der Waals surface area contributed by atoms with Gasteiger partial charge < -0.3 is 0 Å². The highest BCUT2D eigenvalue weighted by atomic mass is 19.1. The van der Waals surface area contributed by atoms with Crippen LogP contribution in [0.1, 0.15) is 18.1 Å². The zero-order valence-corrected chi connectivity index (χ0v) is 9.37. The van der Waals surface area contributed by atoms with Gasteiger partial charge >= 0.3 is 0 Å². The van der Waals surface area contributed by atoms with Gasteiger partial charge in [0, 0.05) is 5.56 Å². The summed E-state index contributed by atoms with van der Waals surface area (Å²) in [5.74, 6) is -1.67. The van der Waals surface area contributed by atoms with E-state index in [1.165, 1.54) is 12.1 Å². The molecule has 0 heterocycles. The van der Waals surface area contributed by atoms with Crippen LogP contribution in [-0.4, -0.2) is 0 Å². The molecular formula is C14H11F2N. The van der Waals surface area contributed by atoms with Crippen LogP contribution in [0.2, 0.25) is 0 Å². The molecule has 0 atom stereocenters. The van der Waals surface area contributed by atoms with E-state index < -0.39 is 17.2 Å². The smallest absolute Gasteiger partial charge is 0.151 e. The second kappa shape index (κ2) is 5.76. The van der Waals surface area contributed by atoms with Crippen molar-refractivity contribution in [3.8, 4) is 6.07 Å². The molecule has 0 N–H and O–H groups in total. The van der Waals surface area contributed by atoms with E-state index in [0.717, 1.165) is 6.07 Å². The minimum atomic E-state index is -0.844. The molecule has 1 rings (SSSR count). The van der Waals surface area contributed by atoms with Gasteiger partial charge in [0.05, 0.1) is 0 Å². The number of allylic oxidation sites excluding steroid dienone is 5. The lowest BCUT2D eigenvalue weighted by Gasteiger charge is -2.04. The molecule has 0 unspecified atom stereocenters. The molecule has 0 spiro atoms. The molecule has 0 bridgehead atoms.